The van der Waals surface area contributed by atoms with E-state index in [1.54, 1.807) is 0 Å². The maximum absolute atomic E-state index is 12.7. The molecule has 0 aliphatic carbocycles. The summed E-state index contributed by atoms with van der Waals surface area (Å²) in [7, 11) is 0. The van der Waals surface area contributed by atoms with Crippen molar-refractivity contribution < 1.29 is 28.6 Å². The fourth-order valence-corrected chi connectivity index (χ4v) is 5.97. The molecule has 0 radical (unpaired) electrons. The molecule has 0 aliphatic rings. The number of hydrogen-bond donors (Lipinski definition) is 0. The first kappa shape index (κ1) is 53.6. The minimum absolute atomic E-state index is 0.104. The average Bonchev–Trinajstić information content (AvgIpc) is 3.21. The lowest BCUT2D eigenvalue weighted by molar-refractivity contribution is -0.167. The lowest BCUT2D eigenvalue weighted by atomic mass is 10.1. The summed E-state index contributed by atoms with van der Waals surface area (Å²) in [6, 6.07) is 0. The number of unbranched alkanes of at least 4 members (excludes halogenated alkanes) is 19. The molecule has 0 heterocycles. The quantitative estimate of drug-likeness (QED) is 0.0202. The fourth-order valence-electron chi connectivity index (χ4n) is 5.97. The smallest absolute Gasteiger partial charge is 0.306 e. The first-order valence-electron chi connectivity index (χ1n) is 23.2. The topological polar surface area (TPSA) is 78.9 Å². The molecule has 0 saturated carbocycles. The first-order chi connectivity index (χ1) is 28.0. The predicted octanol–water partition coefficient (Wildman–Crippen LogP) is 14.9. The van der Waals surface area contributed by atoms with Crippen LogP contribution in [0.4, 0.5) is 0 Å². The van der Waals surface area contributed by atoms with Crippen LogP contribution >= 0.6 is 0 Å². The van der Waals surface area contributed by atoms with Crippen LogP contribution in [-0.2, 0) is 28.6 Å². The second kappa shape index (κ2) is 45.3. The molecule has 0 amide bonds. The van der Waals surface area contributed by atoms with E-state index in [0.717, 1.165) is 103 Å². The molecule has 0 bridgehead atoms. The highest BCUT2D eigenvalue weighted by Gasteiger charge is 2.19. The number of allylic oxidation sites excluding steroid dienone is 14. The van der Waals surface area contributed by atoms with E-state index in [1.165, 1.54) is 57.8 Å². The van der Waals surface area contributed by atoms with Crippen LogP contribution in [0.1, 0.15) is 201 Å². The van der Waals surface area contributed by atoms with Gasteiger partial charge in [-0.1, -0.05) is 183 Å². The lowest BCUT2D eigenvalue weighted by Crippen LogP contribution is -2.30. The highest BCUT2D eigenvalue weighted by Crippen LogP contribution is 2.12. The molecule has 6 heteroatoms. The molecule has 0 aliphatic heterocycles. The van der Waals surface area contributed by atoms with E-state index in [-0.39, 0.29) is 31.1 Å². The number of ether oxygens (including phenoxy) is 3. The third kappa shape index (κ3) is 43.6. The Labute approximate surface area is 350 Å². The molecular formula is C51H84O6. The summed E-state index contributed by atoms with van der Waals surface area (Å²) in [5, 5.41) is 0. The highest BCUT2D eigenvalue weighted by molar-refractivity contribution is 5.71. The zero-order chi connectivity index (χ0) is 41.5. The zero-order valence-corrected chi connectivity index (χ0v) is 36.8. The van der Waals surface area contributed by atoms with Gasteiger partial charge in [-0.15, -0.1) is 0 Å². The molecule has 0 aromatic heterocycles. The second-order valence-corrected chi connectivity index (χ2v) is 15.0. The summed E-state index contributed by atoms with van der Waals surface area (Å²) in [5.41, 5.74) is 0. The van der Waals surface area contributed by atoms with E-state index in [9.17, 15) is 14.4 Å². The van der Waals surface area contributed by atoms with Crippen LogP contribution in [0, 0.1) is 0 Å². The van der Waals surface area contributed by atoms with Crippen LogP contribution in [0.15, 0.2) is 85.1 Å². The van der Waals surface area contributed by atoms with Crippen molar-refractivity contribution in [2.45, 2.75) is 207 Å². The van der Waals surface area contributed by atoms with Crippen LogP contribution in [0.5, 0.6) is 0 Å². The standard InChI is InChI=1S/C51H84O6/c1-4-7-10-13-16-19-22-24-26-28-29-32-35-38-41-44-50(53)56-47-48(46-55-49(52)43-40-37-34-31-21-18-15-12-9-6-3)57-51(54)45-42-39-36-33-30-27-25-23-20-17-14-11-8-5-2/h7,10,13,15-16,18-19,22,24,26-30,48H,4-6,8-9,11-12,14,17,20-21,23,25,31-47H2,1-3H3/b10-7-,16-13-,18-15-,22-19-,26-24-,29-28-,30-27-. The largest absolute Gasteiger partial charge is 0.462 e. The highest BCUT2D eigenvalue weighted by atomic mass is 16.6. The molecule has 57 heavy (non-hydrogen) atoms. The minimum Gasteiger partial charge on any atom is -0.462 e. The Kier molecular flexibility index (Phi) is 42.6. The van der Waals surface area contributed by atoms with Gasteiger partial charge < -0.3 is 14.2 Å². The van der Waals surface area contributed by atoms with Crippen molar-refractivity contribution in [3.63, 3.8) is 0 Å². The second-order valence-electron chi connectivity index (χ2n) is 15.0. The van der Waals surface area contributed by atoms with Crippen LogP contribution in [0.3, 0.4) is 0 Å². The Hall–Kier alpha value is -3.41. The molecule has 0 N–H and O–H groups in total. The van der Waals surface area contributed by atoms with Gasteiger partial charge >= 0.3 is 17.9 Å². The van der Waals surface area contributed by atoms with Crippen molar-refractivity contribution >= 4 is 17.9 Å². The molecule has 0 fully saturated rings. The third-order valence-electron chi connectivity index (χ3n) is 9.48. The van der Waals surface area contributed by atoms with Crippen LogP contribution in [-0.4, -0.2) is 37.2 Å². The van der Waals surface area contributed by atoms with Gasteiger partial charge in [0.25, 0.3) is 0 Å². The zero-order valence-electron chi connectivity index (χ0n) is 36.8. The van der Waals surface area contributed by atoms with Crippen LogP contribution < -0.4 is 0 Å². The molecular weight excluding hydrogens is 709 g/mol. The van der Waals surface area contributed by atoms with Crippen LogP contribution in [0.2, 0.25) is 0 Å². The number of carbonyl (C=O) groups excluding carboxylic acids is 3. The summed E-state index contributed by atoms with van der Waals surface area (Å²) in [5.74, 6) is -0.983. The normalized spacial score (nSPS) is 12.8. The van der Waals surface area contributed by atoms with Crippen molar-refractivity contribution in [3.05, 3.63) is 85.1 Å². The molecule has 6 nitrogen and oxygen atoms in total. The van der Waals surface area contributed by atoms with Crippen molar-refractivity contribution in [2.75, 3.05) is 13.2 Å². The molecule has 0 spiro atoms. The number of esters is 3. The van der Waals surface area contributed by atoms with E-state index in [2.05, 4.69) is 57.2 Å². The summed E-state index contributed by atoms with van der Waals surface area (Å²) in [4.78, 5) is 37.7. The third-order valence-corrected chi connectivity index (χ3v) is 9.48. The van der Waals surface area contributed by atoms with E-state index < -0.39 is 6.10 Å². The van der Waals surface area contributed by atoms with Crippen molar-refractivity contribution in [1.29, 1.82) is 0 Å². The van der Waals surface area contributed by atoms with Gasteiger partial charge in [0.05, 0.1) is 0 Å². The number of rotatable bonds is 40. The molecule has 0 saturated heterocycles. The monoisotopic (exact) mass is 793 g/mol. The van der Waals surface area contributed by atoms with Crippen LogP contribution in [0.25, 0.3) is 0 Å². The number of hydrogen-bond acceptors (Lipinski definition) is 6. The van der Waals surface area contributed by atoms with Gasteiger partial charge in [0.2, 0.25) is 0 Å². The van der Waals surface area contributed by atoms with Gasteiger partial charge in [0, 0.05) is 19.3 Å². The summed E-state index contributed by atoms with van der Waals surface area (Å²) >= 11 is 0. The SMILES string of the molecule is CC\C=C/C=C\C=C/C=C\C=C/CCCCCC(=O)OCC(COC(=O)CCCCCC/C=C\CCCC)OC(=O)CCCCC/C=C\CCCCCCCCC. The maximum atomic E-state index is 12.7. The molecule has 324 valence electrons. The lowest BCUT2D eigenvalue weighted by Gasteiger charge is -2.18. The fraction of sp³-hybridized carbons (Fsp3) is 0.667. The summed E-state index contributed by atoms with van der Waals surface area (Å²) in [6.45, 7) is 6.36. The maximum Gasteiger partial charge on any atom is 0.306 e. The minimum atomic E-state index is -0.804. The molecule has 0 rings (SSSR count). The van der Waals surface area contributed by atoms with Crippen molar-refractivity contribution in [3.8, 4) is 0 Å². The van der Waals surface area contributed by atoms with Gasteiger partial charge in [-0.3, -0.25) is 14.4 Å². The Bertz CT molecular complexity index is 1140. The Morgan fingerprint density at radius 1 is 0.368 bits per heavy atom. The van der Waals surface area contributed by atoms with E-state index in [4.69, 9.17) is 14.2 Å². The van der Waals surface area contributed by atoms with E-state index >= 15 is 0 Å². The van der Waals surface area contributed by atoms with Crippen molar-refractivity contribution in [2.24, 2.45) is 0 Å². The average molecular weight is 793 g/mol. The van der Waals surface area contributed by atoms with Gasteiger partial charge in [0.15, 0.2) is 6.10 Å². The predicted molar refractivity (Wildman–Crippen MR) is 242 cm³/mol. The molecule has 0 aromatic rings. The number of carbonyl (C=O) groups is 3. The van der Waals surface area contributed by atoms with Gasteiger partial charge in [-0.05, 0) is 83.5 Å². The van der Waals surface area contributed by atoms with E-state index in [0.29, 0.717) is 19.3 Å². The Balaban J connectivity index is 4.50. The van der Waals surface area contributed by atoms with Crippen molar-refractivity contribution in [1.82, 2.24) is 0 Å². The molecule has 0 aromatic carbocycles. The first-order valence-corrected chi connectivity index (χ1v) is 23.2. The van der Waals surface area contributed by atoms with Gasteiger partial charge in [-0.2, -0.15) is 0 Å². The molecule has 1 unspecified atom stereocenters. The van der Waals surface area contributed by atoms with Gasteiger partial charge in [0.1, 0.15) is 13.2 Å². The summed E-state index contributed by atoms with van der Waals surface area (Å²) in [6.07, 6.45) is 57.1. The molecule has 1 atom stereocenters. The Morgan fingerprint density at radius 2 is 0.719 bits per heavy atom. The summed E-state index contributed by atoms with van der Waals surface area (Å²) < 4.78 is 16.6. The Morgan fingerprint density at radius 3 is 1.19 bits per heavy atom. The van der Waals surface area contributed by atoms with Gasteiger partial charge in [-0.25, -0.2) is 0 Å². The van der Waals surface area contributed by atoms with E-state index in [1.807, 2.05) is 48.6 Å².